The van der Waals surface area contributed by atoms with Crippen molar-refractivity contribution in [1.82, 2.24) is 9.55 Å². The molecule has 5 aromatic carbocycles. The zero-order chi connectivity index (χ0) is 24.9. The maximum absolute atomic E-state index is 14.3. The number of benzene rings is 5. The number of carbonyl (C=O) groups excluding carboxylic acids is 1. The van der Waals surface area contributed by atoms with Gasteiger partial charge >= 0.3 is 0 Å². The van der Waals surface area contributed by atoms with Gasteiger partial charge in [0.2, 0.25) is 0 Å². The van der Waals surface area contributed by atoms with Crippen LogP contribution in [-0.2, 0) is 6.54 Å². The van der Waals surface area contributed by atoms with E-state index in [0.717, 1.165) is 49.2 Å². The molecule has 7 rings (SSSR count). The van der Waals surface area contributed by atoms with E-state index in [9.17, 15) is 4.79 Å². The number of hydrogen-bond donors (Lipinski definition) is 0. The van der Waals surface area contributed by atoms with E-state index in [1.54, 1.807) is 0 Å². The van der Waals surface area contributed by atoms with Gasteiger partial charge in [0.25, 0.3) is 0 Å². The van der Waals surface area contributed by atoms with Crippen LogP contribution in [0.3, 0.4) is 0 Å². The van der Waals surface area contributed by atoms with Gasteiger partial charge in [-0.3, -0.25) is 4.79 Å². The minimum absolute atomic E-state index is 0.00417. The normalized spacial score (nSPS) is 11.6. The number of rotatable bonds is 4. The number of pyridine rings is 1. The maximum Gasteiger partial charge on any atom is 0.197 e. The van der Waals surface area contributed by atoms with Crippen LogP contribution in [0.5, 0.6) is 0 Å². The molecule has 0 aliphatic rings. The van der Waals surface area contributed by atoms with Crippen molar-refractivity contribution in [1.29, 1.82) is 0 Å². The Labute approximate surface area is 214 Å². The summed E-state index contributed by atoms with van der Waals surface area (Å²) >= 11 is 0. The van der Waals surface area contributed by atoms with E-state index in [1.165, 1.54) is 5.56 Å². The fourth-order valence-electron chi connectivity index (χ4n) is 5.45. The minimum Gasteiger partial charge on any atom is -0.335 e. The number of ketones is 1. The lowest BCUT2D eigenvalue weighted by Crippen LogP contribution is -2.08. The van der Waals surface area contributed by atoms with E-state index in [-0.39, 0.29) is 5.78 Å². The molecule has 3 nitrogen and oxygen atoms in total. The maximum atomic E-state index is 14.3. The highest BCUT2D eigenvalue weighted by molar-refractivity contribution is 6.27. The number of carbonyl (C=O) groups is 1. The number of hydrogen-bond acceptors (Lipinski definition) is 2. The van der Waals surface area contributed by atoms with Crippen LogP contribution in [0.1, 0.15) is 27.0 Å². The van der Waals surface area contributed by atoms with E-state index in [2.05, 4.69) is 71.3 Å². The molecular formula is C34H24N2O. The van der Waals surface area contributed by atoms with Crippen molar-refractivity contribution in [2.75, 3.05) is 0 Å². The molecule has 7 aromatic rings. The van der Waals surface area contributed by atoms with Crippen LogP contribution in [0.25, 0.3) is 43.6 Å². The summed E-state index contributed by atoms with van der Waals surface area (Å²) in [4.78, 5) is 19.4. The molecule has 0 radical (unpaired) electrons. The summed E-state index contributed by atoms with van der Waals surface area (Å²) in [7, 11) is 0. The third-order valence-electron chi connectivity index (χ3n) is 7.26. The lowest BCUT2D eigenvalue weighted by atomic mass is 9.95. The number of para-hydroxylation sites is 2. The Balaban J connectivity index is 1.65. The predicted octanol–water partition coefficient (Wildman–Crippen LogP) is 8.08. The molecule has 0 bridgehead atoms. The van der Waals surface area contributed by atoms with Gasteiger partial charge in [-0.05, 0) is 36.8 Å². The van der Waals surface area contributed by atoms with Crippen molar-refractivity contribution in [2.24, 2.45) is 0 Å². The van der Waals surface area contributed by atoms with Crippen molar-refractivity contribution >= 4 is 49.4 Å². The molecule has 37 heavy (non-hydrogen) atoms. The van der Waals surface area contributed by atoms with Crippen LogP contribution in [-0.4, -0.2) is 15.3 Å². The lowest BCUT2D eigenvalue weighted by molar-refractivity contribution is 0.104. The van der Waals surface area contributed by atoms with Crippen LogP contribution in [0.15, 0.2) is 115 Å². The second-order valence-electron chi connectivity index (χ2n) is 9.68. The van der Waals surface area contributed by atoms with Crippen LogP contribution in [0.4, 0.5) is 0 Å². The van der Waals surface area contributed by atoms with Gasteiger partial charge in [-0.2, -0.15) is 0 Å². The molecule has 176 valence electrons. The van der Waals surface area contributed by atoms with Crippen LogP contribution in [0.2, 0.25) is 0 Å². The molecule has 0 atom stereocenters. The summed E-state index contributed by atoms with van der Waals surface area (Å²) in [5.74, 6) is -0.00417. The lowest BCUT2D eigenvalue weighted by Gasteiger charge is -2.14. The average molecular weight is 477 g/mol. The summed E-state index contributed by atoms with van der Waals surface area (Å²) < 4.78 is 2.29. The molecule has 0 aliphatic heterocycles. The van der Waals surface area contributed by atoms with Crippen LogP contribution < -0.4 is 0 Å². The van der Waals surface area contributed by atoms with Gasteiger partial charge in [-0.25, -0.2) is 4.98 Å². The van der Waals surface area contributed by atoms with Crippen molar-refractivity contribution in [3.63, 3.8) is 0 Å². The Morgan fingerprint density at radius 1 is 0.730 bits per heavy atom. The summed E-state index contributed by atoms with van der Waals surface area (Å²) in [6.45, 7) is 2.70. The Morgan fingerprint density at radius 3 is 2.30 bits per heavy atom. The van der Waals surface area contributed by atoms with Gasteiger partial charge in [0, 0.05) is 39.2 Å². The molecule has 2 aromatic heterocycles. The van der Waals surface area contributed by atoms with Crippen molar-refractivity contribution in [3.8, 4) is 0 Å². The number of aromatic nitrogens is 2. The first kappa shape index (κ1) is 21.5. The molecular weight excluding hydrogens is 452 g/mol. The molecule has 0 spiro atoms. The smallest absolute Gasteiger partial charge is 0.197 e. The molecule has 3 heteroatoms. The zero-order valence-electron chi connectivity index (χ0n) is 20.5. The number of fused-ring (bicyclic) bond motifs is 5. The second-order valence-corrected chi connectivity index (χ2v) is 9.68. The highest BCUT2D eigenvalue weighted by Gasteiger charge is 2.24. The van der Waals surface area contributed by atoms with Gasteiger partial charge < -0.3 is 4.57 Å². The molecule has 0 amide bonds. The summed E-state index contributed by atoms with van der Waals surface area (Å²) in [5, 5.41) is 4.26. The topological polar surface area (TPSA) is 34.9 Å². The Kier molecular flexibility index (Phi) is 4.90. The van der Waals surface area contributed by atoms with E-state index in [1.807, 2.05) is 55.5 Å². The van der Waals surface area contributed by atoms with E-state index >= 15 is 0 Å². The predicted molar refractivity (Wildman–Crippen MR) is 152 cm³/mol. The number of nitrogens with zero attached hydrogens (tertiary/aromatic N) is 2. The minimum atomic E-state index is -0.00417. The highest BCUT2D eigenvalue weighted by atomic mass is 16.1. The van der Waals surface area contributed by atoms with Gasteiger partial charge in [-0.15, -0.1) is 0 Å². The largest absolute Gasteiger partial charge is 0.335 e. The molecule has 2 heterocycles. The summed E-state index contributed by atoms with van der Waals surface area (Å²) in [6, 6.07) is 39.2. The third-order valence-corrected chi connectivity index (χ3v) is 7.26. The third kappa shape index (κ3) is 3.51. The standard InChI is InChI=1S/C34H24N2O/c1-22-15-17-24(18-16-22)34(37)31-32-26(19-25-11-5-7-13-29(25)35-32)20-28-27-12-6-8-14-30(27)36(33(28)31)21-23-9-3-2-4-10-23/h2-20H,21H2,1H3. The first-order valence-corrected chi connectivity index (χ1v) is 12.6. The van der Waals surface area contributed by atoms with Crippen LogP contribution in [0, 0.1) is 6.92 Å². The van der Waals surface area contributed by atoms with Gasteiger partial charge in [0.15, 0.2) is 5.78 Å². The van der Waals surface area contributed by atoms with E-state index < -0.39 is 0 Å². The van der Waals surface area contributed by atoms with Crippen molar-refractivity contribution < 1.29 is 4.79 Å². The molecule has 0 saturated heterocycles. The molecule has 0 aliphatic carbocycles. The molecule has 0 unspecified atom stereocenters. The Hall–Kier alpha value is -4.76. The molecule has 0 N–H and O–H groups in total. The summed E-state index contributed by atoms with van der Waals surface area (Å²) in [6.07, 6.45) is 0. The van der Waals surface area contributed by atoms with Gasteiger partial charge in [0.1, 0.15) is 0 Å². The Morgan fingerprint density at radius 2 is 1.46 bits per heavy atom. The zero-order valence-corrected chi connectivity index (χ0v) is 20.5. The fraction of sp³-hybridized carbons (Fsp3) is 0.0588. The van der Waals surface area contributed by atoms with Gasteiger partial charge in [0.05, 0.1) is 22.1 Å². The average Bonchev–Trinajstić information content (AvgIpc) is 3.24. The molecule has 0 saturated carbocycles. The summed E-state index contributed by atoms with van der Waals surface area (Å²) in [5.41, 5.74) is 7.32. The second kappa shape index (κ2) is 8.42. The van der Waals surface area contributed by atoms with E-state index in [4.69, 9.17) is 4.98 Å². The van der Waals surface area contributed by atoms with Crippen LogP contribution >= 0.6 is 0 Å². The van der Waals surface area contributed by atoms with Crippen molar-refractivity contribution in [3.05, 3.63) is 138 Å². The van der Waals surface area contributed by atoms with E-state index in [0.29, 0.717) is 17.7 Å². The monoisotopic (exact) mass is 476 g/mol. The fourth-order valence-corrected chi connectivity index (χ4v) is 5.45. The quantitative estimate of drug-likeness (QED) is 0.190. The van der Waals surface area contributed by atoms with Crippen molar-refractivity contribution in [2.45, 2.75) is 13.5 Å². The Bertz CT molecular complexity index is 1970. The first-order valence-electron chi connectivity index (χ1n) is 12.6. The first-order chi connectivity index (χ1) is 18.2. The molecule has 0 fully saturated rings. The number of aryl methyl sites for hydroxylation is 1. The van der Waals surface area contributed by atoms with Gasteiger partial charge in [-0.1, -0.05) is 96.6 Å². The highest BCUT2D eigenvalue weighted by Crippen LogP contribution is 2.38. The SMILES string of the molecule is Cc1ccc(C(=O)c2c3nc4ccccc4cc3cc3c4ccccc4n(Cc4ccccc4)c23)cc1.